The third-order valence-corrected chi connectivity index (χ3v) is 7.90. The van der Waals surface area contributed by atoms with Gasteiger partial charge in [0.2, 0.25) is 10.0 Å². The Morgan fingerprint density at radius 3 is 2.47 bits per heavy atom. The van der Waals surface area contributed by atoms with Gasteiger partial charge in [-0.3, -0.25) is 4.79 Å². The van der Waals surface area contributed by atoms with Crippen molar-refractivity contribution in [2.24, 2.45) is 0 Å². The van der Waals surface area contributed by atoms with Crippen LogP contribution in [0.1, 0.15) is 53.2 Å². The first-order valence-corrected chi connectivity index (χ1v) is 12.4. The Kier molecular flexibility index (Phi) is 6.53. The molecule has 7 nitrogen and oxygen atoms in total. The van der Waals surface area contributed by atoms with Gasteiger partial charge in [-0.15, -0.1) is 0 Å². The molecule has 1 aliphatic rings. The number of sulfonamides is 1. The lowest BCUT2D eigenvalue weighted by atomic mass is 10.2. The zero-order valence-corrected chi connectivity index (χ0v) is 19.3. The first-order chi connectivity index (χ1) is 15.4. The Balaban J connectivity index is 1.53. The maximum Gasteiger partial charge on any atom is 0.257 e. The van der Waals surface area contributed by atoms with E-state index in [2.05, 4.69) is 5.32 Å². The van der Waals surface area contributed by atoms with Crippen LogP contribution >= 0.6 is 0 Å². The maximum absolute atomic E-state index is 13.1. The fourth-order valence-corrected chi connectivity index (χ4v) is 5.76. The van der Waals surface area contributed by atoms with Crippen LogP contribution in [0.3, 0.4) is 0 Å². The predicted octanol–water partition coefficient (Wildman–Crippen LogP) is 4.56. The van der Waals surface area contributed by atoms with Crippen LogP contribution < -0.4 is 5.32 Å². The molecule has 1 aliphatic heterocycles. The molecule has 3 aromatic rings. The third kappa shape index (κ3) is 4.66. The van der Waals surface area contributed by atoms with Crippen molar-refractivity contribution in [3.05, 3.63) is 71.4 Å². The molecule has 1 amide bonds. The number of hydrogen-bond acceptors (Lipinski definition) is 4. The average molecular weight is 456 g/mol. The second-order valence-electron chi connectivity index (χ2n) is 8.25. The van der Waals surface area contributed by atoms with Crippen molar-refractivity contribution in [3.63, 3.8) is 0 Å². The van der Waals surface area contributed by atoms with Crippen LogP contribution in [0.5, 0.6) is 0 Å². The van der Waals surface area contributed by atoms with Crippen molar-refractivity contribution >= 4 is 21.6 Å². The summed E-state index contributed by atoms with van der Waals surface area (Å²) in [5, 5.41) is 2.87. The van der Waals surface area contributed by atoms with Crippen LogP contribution in [0, 0.1) is 13.8 Å². The smallest absolute Gasteiger partial charge is 0.257 e. The summed E-state index contributed by atoms with van der Waals surface area (Å²) in [7, 11) is -3.58. The van der Waals surface area contributed by atoms with E-state index in [4.69, 9.17) is 4.42 Å². The number of furan rings is 1. The topological polar surface area (TPSA) is 84.5 Å². The molecule has 3 heterocycles. The molecular weight excluding hydrogens is 426 g/mol. The monoisotopic (exact) mass is 455 g/mol. The molecule has 0 radical (unpaired) electrons. The van der Waals surface area contributed by atoms with Gasteiger partial charge in [0.15, 0.2) is 0 Å². The van der Waals surface area contributed by atoms with Crippen LogP contribution in [0.2, 0.25) is 0 Å². The predicted molar refractivity (Wildman–Crippen MR) is 123 cm³/mol. The summed E-state index contributed by atoms with van der Waals surface area (Å²) in [4.78, 5) is 13.2. The number of rotatable bonds is 6. The van der Waals surface area contributed by atoms with E-state index in [9.17, 15) is 13.2 Å². The fourth-order valence-electron chi connectivity index (χ4n) is 4.20. The van der Waals surface area contributed by atoms with Gasteiger partial charge in [-0.2, -0.15) is 4.31 Å². The highest BCUT2D eigenvalue weighted by Gasteiger charge is 2.25. The number of carbonyl (C=O) groups excluding carboxylic acids is 1. The Labute approximate surface area is 189 Å². The van der Waals surface area contributed by atoms with E-state index < -0.39 is 10.0 Å². The Hall–Kier alpha value is -2.84. The Bertz CT molecular complexity index is 1190. The molecule has 170 valence electrons. The quantitative estimate of drug-likeness (QED) is 0.590. The molecule has 0 unspecified atom stereocenters. The highest BCUT2D eigenvalue weighted by molar-refractivity contribution is 7.89. The number of amides is 1. The van der Waals surface area contributed by atoms with E-state index in [-0.39, 0.29) is 10.8 Å². The highest BCUT2D eigenvalue weighted by Crippen LogP contribution is 2.24. The Morgan fingerprint density at radius 2 is 1.78 bits per heavy atom. The highest BCUT2D eigenvalue weighted by atomic mass is 32.2. The number of anilines is 1. The molecule has 4 rings (SSSR count). The van der Waals surface area contributed by atoms with Crippen LogP contribution in [-0.4, -0.2) is 36.3 Å². The summed E-state index contributed by atoms with van der Waals surface area (Å²) >= 11 is 0. The van der Waals surface area contributed by atoms with Gasteiger partial charge in [0.05, 0.1) is 23.3 Å². The van der Waals surface area contributed by atoms with Gasteiger partial charge < -0.3 is 14.3 Å². The minimum absolute atomic E-state index is 0.209. The number of benzene rings is 1. The molecule has 8 heteroatoms. The molecule has 0 saturated carbocycles. The maximum atomic E-state index is 13.1. The molecule has 0 aliphatic carbocycles. The molecule has 1 aromatic carbocycles. The molecule has 0 atom stereocenters. The van der Waals surface area contributed by atoms with E-state index in [1.165, 1.54) is 0 Å². The second-order valence-corrected chi connectivity index (χ2v) is 10.2. The summed E-state index contributed by atoms with van der Waals surface area (Å²) < 4.78 is 35.2. The molecule has 1 N–H and O–H groups in total. The first-order valence-electron chi connectivity index (χ1n) is 11.0. The van der Waals surface area contributed by atoms with Crippen LogP contribution in [0.25, 0.3) is 0 Å². The van der Waals surface area contributed by atoms with Gasteiger partial charge in [0.25, 0.3) is 5.91 Å². The van der Waals surface area contributed by atoms with E-state index in [0.717, 1.165) is 42.8 Å². The lowest BCUT2D eigenvalue weighted by Crippen LogP contribution is -2.32. The fraction of sp³-hybridized carbons (Fsp3) is 0.375. The van der Waals surface area contributed by atoms with E-state index in [1.807, 2.05) is 36.6 Å². The van der Waals surface area contributed by atoms with Crippen LogP contribution in [-0.2, 0) is 16.6 Å². The van der Waals surface area contributed by atoms with Crippen molar-refractivity contribution in [2.45, 2.75) is 51.0 Å². The van der Waals surface area contributed by atoms with Crippen molar-refractivity contribution in [2.75, 3.05) is 18.4 Å². The van der Waals surface area contributed by atoms with Crippen molar-refractivity contribution in [3.8, 4) is 0 Å². The molecule has 1 saturated heterocycles. The molecule has 0 spiro atoms. The second kappa shape index (κ2) is 9.34. The molecule has 1 fully saturated rings. The lowest BCUT2D eigenvalue weighted by Gasteiger charge is -2.20. The standard InChI is InChI=1S/C24H29N3O4S/c1-18-15-23(19(2)27(18)17-21-10-8-14-31-21)24(28)25-20-9-7-11-22(16-20)32(29,30)26-12-5-3-4-6-13-26/h7-11,14-16H,3-6,12-13,17H2,1-2H3,(H,25,28). The van der Waals surface area contributed by atoms with Crippen molar-refractivity contribution in [1.29, 1.82) is 0 Å². The summed E-state index contributed by atoms with van der Waals surface area (Å²) in [6.45, 7) is 5.47. The van der Waals surface area contributed by atoms with Gasteiger partial charge in [-0.1, -0.05) is 18.9 Å². The number of nitrogens with one attached hydrogen (secondary N) is 1. The number of hydrogen-bond donors (Lipinski definition) is 1. The largest absolute Gasteiger partial charge is 0.467 e. The average Bonchev–Trinajstić information content (AvgIpc) is 3.27. The number of nitrogens with zero attached hydrogens (tertiary/aromatic N) is 2. The van der Waals surface area contributed by atoms with Crippen molar-refractivity contribution < 1.29 is 17.6 Å². The molecular formula is C24H29N3O4S. The first kappa shape index (κ1) is 22.4. The third-order valence-electron chi connectivity index (χ3n) is 6.01. The summed E-state index contributed by atoms with van der Waals surface area (Å²) in [6, 6.07) is 12.1. The van der Waals surface area contributed by atoms with E-state index >= 15 is 0 Å². The minimum atomic E-state index is -3.58. The number of aryl methyl sites for hydroxylation is 1. The van der Waals surface area contributed by atoms with Gasteiger partial charge in [0.1, 0.15) is 5.76 Å². The number of carbonyl (C=O) groups is 1. The normalized spacial score (nSPS) is 15.4. The summed E-state index contributed by atoms with van der Waals surface area (Å²) in [5.41, 5.74) is 2.78. The summed E-state index contributed by atoms with van der Waals surface area (Å²) in [6.07, 6.45) is 5.50. The Morgan fingerprint density at radius 1 is 1.03 bits per heavy atom. The van der Waals surface area contributed by atoms with E-state index in [1.54, 1.807) is 34.8 Å². The zero-order chi connectivity index (χ0) is 22.7. The van der Waals surface area contributed by atoms with Crippen molar-refractivity contribution in [1.82, 2.24) is 8.87 Å². The van der Waals surface area contributed by atoms with Gasteiger partial charge in [-0.05, 0) is 63.1 Å². The van der Waals surface area contributed by atoms with Gasteiger partial charge >= 0.3 is 0 Å². The molecule has 2 aromatic heterocycles. The van der Waals surface area contributed by atoms with Gasteiger partial charge in [-0.25, -0.2) is 8.42 Å². The van der Waals surface area contributed by atoms with E-state index in [0.29, 0.717) is 30.9 Å². The van der Waals surface area contributed by atoms with Gasteiger partial charge in [0, 0.05) is 30.2 Å². The zero-order valence-electron chi connectivity index (χ0n) is 18.5. The van der Waals surface area contributed by atoms with Crippen LogP contribution in [0.15, 0.2) is 58.0 Å². The number of aromatic nitrogens is 1. The lowest BCUT2D eigenvalue weighted by molar-refractivity contribution is 0.102. The summed E-state index contributed by atoms with van der Waals surface area (Å²) in [5.74, 6) is 0.540. The molecule has 0 bridgehead atoms. The SMILES string of the molecule is Cc1cc(C(=O)Nc2cccc(S(=O)(=O)N3CCCCCC3)c2)c(C)n1Cc1ccco1. The molecule has 32 heavy (non-hydrogen) atoms. The van der Waals surface area contributed by atoms with Crippen LogP contribution in [0.4, 0.5) is 5.69 Å². The minimum Gasteiger partial charge on any atom is -0.467 e.